The maximum atomic E-state index is 11.9. The summed E-state index contributed by atoms with van der Waals surface area (Å²) in [6.45, 7) is 6.17. The first-order chi connectivity index (χ1) is 9.02. The van der Waals surface area contributed by atoms with E-state index < -0.39 is 0 Å². The highest BCUT2D eigenvalue weighted by Gasteiger charge is 2.09. The Hall–Kier alpha value is -1.88. The fourth-order valence-electron chi connectivity index (χ4n) is 1.77. The number of benzene rings is 1. The fourth-order valence-corrected chi connectivity index (χ4v) is 2.00. The van der Waals surface area contributed by atoms with Crippen molar-refractivity contribution >= 4 is 23.0 Å². The highest BCUT2D eigenvalue weighted by Crippen LogP contribution is 2.24. The molecule has 0 saturated carbocycles. The van der Waals surface area contributed by atoms with Crippen molar-refractivity contribution in [3.63, 3.8) is 0 Å². The fraction of sp³-hybridized carbons (Fsp3) is 0.308. The van der Waals surface area contributed by atoms with Gasteiger partial charge in [0, 0.05) is 11.6 Å². The van der Waals surface area contributed by atoms with E-state index in [9.17, 15) is 4.79 Å². The van der Waals surface area contributed by atoms with Gasteiger partial charge in [0.15, 0.2) is 5.69 Å². The zero-order valence-corrected chi connectivity index (χ0v) is 11.8. The molecule has 19 heavy (non-hydrogen) atoms. The van der Waals surface area contributed by atoms with Gasteiger partial charge >= 0.3 is 0 Å². The Bertz CT molecular complexity index is 684. The third-order valence-corrected chi connectivity index (χ3v) is 3.07. The van der Waals surface area contributed by atoms with Gasteiger partial charge in [-0.1, -0.05) is 11.6 Å². The van der Waals surface area contributed by atoms with Crippen LogP contribution >= 0.6 is 11.6 Å². The van der Waals surface area contributed by atoms with Gasteiger partial charge in [-0.15, -0.1) is 5.11 Å². The standard InChI is InChI=1S/C13H15ClN4O/c1-4-18-13(19)12(9(3)17-18)16-15-11-6-5-10(14)7-8(11)2/h5-7,17H,4H2,1-3H3. The summed E-state index contributed by atoms with van der Waals surface area (Å²) in [4.78, 5) is 11.9. The molecule has 2 aromatic rings. The van der Waals surface area contributed by atoms with Crippen LogP contribution in [0.5, 0.6) is 0 Å². The maximum Gasteiger partial charge on any atom is 0.294 e. The lowest BCUT2D eigenvalue weighted by molar-refractivity contribution is 0.633. The minimum Gasteiger partial charge on any atom is -0.298 e. The average molecular weight is 279 g/mol. The summed E-state index contributed by atoms with van der Waals surface area (Å²) in [5.74, 6) is 0. The predicted octanol–water partition coefficient (Wildman–Crippen LogP) is 3.88. The zero-order valence-electron chi connectivity index (χ0n) is 11.1. The van der Waals surface area contributed by atoms with Gasteiger partial charge in [0.2, 0.25) is 0 Å². The van der Waals surface area contributed by atoms with Gasteiger partial charge in [0.25, 0.3) is 5.56 Å². The SMILES string of the molecule is CCn1[nH]c(C)c(N=Nc2ccc(Cl)cc2C)c1=O. The second-order valence-electron chi connectivity index (χ2n) is 4.27. The Morgan fingerprint density at radius 1 is 1.32 bits per heavy atom. The van der Waals surface area contributed by atoms with Crippen molar-refractivity contribution in [1.82, 2.24) is 9.78 Å². The number of rotatable bonds is 3. The van der Waals surface area contributed by atoms with Crippen molar-refractivity contribution in [1.29, 1.82) is 0 Å². The Morgan fingerprint density at radius 3 is 2.63 bits per heavy atom. The van der Waals surface area contributed by atoms with Crippen LogP contribution in [0.3, 0.4) is 0 Å². The monoisotopic (exact) mass is 278 g/mol. The molecular weight excluding hydrogens is 264 g/mol. The van der Waals surface area contributed by atoms with Crippen LogP contribution < -0.4 is 5.56 Å². The summed E-state index contributed by atoms with van der Waals surface area (Å²) in [6, 6.07) is 5.34. The highest BCUT2D eigenvalue weighted by molar-refractivity contribution is 6.30. The van der Waals surface area contributed by atoms with Crippen LogP contribution in [-0.4, -0.2) is 9.78 Å². The Balaban J connectivity index is 2.38. The quantitative estimate of drug-likeness (QED) is 0.851. The molecule has 2 rings (SSSR count). The van der Waals surface area contributed by atoms with Crippen LogP contribution in [0.4, 0.5) is 11.4 Å². The first kappa shape index (κ1) is 13.5. The molecule has 0 amide bonds. The van der Waals surface area contributed by atoms with Gasteiger partial charge in [-0.25, -0.2) is 0 Å². The van der Waals surface area contributed by atoms with E-state index in [2.05, 4.69) is 15.3 Å². The molecule has 0 aliphatic rings. The number of hydrogen-bond acceptors (Lipinski definition) is 3. The van der Waals surface area contributed by atoms with Crippen LogP contribution in [0.25, 0.3) is 0 Å². The number of halogens is 1. The molecule has 0 fully saturated rings. The van der Waals surface area contributed by atoms with Gasteiger partial charge in [-0.05, 0) is 44.5 Å². The Kier molecular flexibility index (Phi) is 3.85. The molecule has 100 valence electrons. The maximum absolute atomic E-state index is 11.9. The van der Waals surface area contributed by atoms with Crippen molar-refractivity contribution in [3.8, 4) is 0 Å². The number of aromatic nitrogens is 2. The smallest absolute Gasteiger partial charge is 0.294 e. The number of hydrogen-bond donors (Lipinski definition) is 1. The molecule has 1 aromatic heterocycles. The molecule has 0 radical (unpaired) electrons. The van der Waals surface area contributed by atoms with E-state index in [4.69, 9.17) is 11.6 Å². The van der Waals surface area contributed by atoms with Crippen LogP contribution in [0.2, 0.25) is 5.02 Å². The lowest BCUT2D eigenvalue weighted by atomic mass is 10.2. The second-order valence-corrected chi connectivity index (χ2v) is 4.70. The predicted molar refractivity (Wildman–Crippen MR) is 75.8 cm³/mol. The largest absolute Gasteiger partial charge is 0.298 e. The Labute approximate surface area is 115 Å². The molecular formula is C13H15ClN4O. The third kappa shape index (κ3) is 2.76. The highest BCUT2D eigenvalue weighted by atomic mass is 35.5. The van der Waals surface area contributed by atoms with Crippen LogP contribution in [-0.2, 0) is 6.54 Å². The molecule has 0 saturated heterocycles. The van der Waals surface area contributed by atoms with Gasteiger partial charge in [-0.2, -0.15) is 5.11 Å². The molecule has 5 nitrogen and oxygen atoms in total. The lowest BCUT2D eigenvalue weighted by Gasteiger charge is -1.98. The summed E-state index contributed by atoms with van der Waals surface area (Å²) in [5, 5.41) is 11.8. The van der Waals surface area contributed by atoms with Crippen molar-refractivity contribution in [2.45, 2.75) is 27.3 Å². The first-order valence-corrected chi connectivity index (χ1v) is 6.38. The van der Waals surface area contributed by atoms with Crippen LogP contribution in [0.1, 0.15) is 18.2 Å². The number of aromatic amines is 1. The van der Waals surface area contributed by atoms with Gasteiger partial charge in [0.1, 0.15) is 0 Å². The van der Waals surface area contributed by atoms with Crippen molar-refractivity contribution in [3.05, 3.63) is 44.8 Å². The van der Waals surface area contributed by atoms with Gasteiger partial charge < -0.3 is 0 Å². The van der Waals surface area contributed by atoms with Crippen LogP contribution in [0.15, 0.2) is 33.2 Å². The molecule has 1 heterocycles. The molecule has 0 spiro atoms. The molecule has 0 atom stereocenters. The number of nitrogens with one attached hydrogen (secondary N) is 1. The van der Waals surface area contributed by atoms with E-state index >= 15 is 0 Å². The van der Waals surface area contributed by atoms with E-state index in [1.54, 1.807) is 19.1 Å². The molecule has 0 bridgehead atoms. The topological polar surface area (TPSA) is 62.5 Å². The van der Waals surface area contributed by atoms with Crippen molar-refractivity contribution < 1.29 is 0 Å². The minimum absolute atomic E-state index is 0.157. The minimum atomic E-state index is -0.157. The summed E-state index contributed by atoms with van der Waals surface area (Å²) < 4.78 is 1.50. The molecule has 0 unspecified atom stereocenters. The van der Waals surface area contributed by atoms with Gasteiger partial charge in [0.05, 0.1) is 11.4 Å². The van der Waals surface area contributed by atoms with E-state index in [0.717, 1.165) is 5.56 Å². The molecule has 0 aliphatic carbocycles. The van der Waals surface area contributed by atoms with E-state index in [0.29, 0.717) is 28.6 Å². The summed E-state index contributed by atoms with van der Waals surface area (Å²) in [6.07, 6.45) is 0. The van der Waals surface area contributed by atoms with Crippen molar-refractivity contribution in [2.24, 2.45) is 10.2 Å². The number of aryl methyl sites for hydroxylation is 3. The summed E-state index contributed by atoms with van der Waals surface area (Å²) in [5.41, 5.74) is 2.52. The van der Waals surface area contributed by atoms with E-state index in [-0.39, 0.29) is 5.56 Å². The average Bonchev–Trinajstić information content (AvgIpc) is 2.64. The molecule has 1 aromatic carbocycles. The Morgan fingerprint density at radius 2 is 2.05 bits per heavy atom. The number of nitrogens with zero attached hydrogens (tertiary/aromatic N) is 3. The molecule has 6 heteroatoms. The molecule has 1 N–H and O–H groups in total. The zero-order chi connectivity index (χ0) is 14.0. The number of H-pyrrole nitrogens is 1. The van der Waals surface area contributed by atoms with Gasteiger partial charge in [-0.3, -0.25) is 14.6 Å². The van der Waals surface area contributed by atoms with E-state index in [1.807, 2.05) is 19.9 Å². The van der Waals surface area contributed by atoms with Crippen LogP contribution in [0, 0.1) is 13.8 Å². The first-order valence-electron chi connectivity index (χ1n) is 6.00. The third-order valence-electron chi connectivity index (χ3n) is 2.84. The second kappa shape index (κ2) is 5.40. The number of azo groups is 1. The normalized spacial score (nSPS) is 11.4. The molecule has 0 aliphatic heterocycles. The summed E-state index contributed by atoms with van der Waals surface area (Å²) in [7, 11) is 0. The lowest BCUT2D eigenvalue weighted by Crippen LogP contribution is -2.14. The van der Waals surface area contributed by atoms with Crippen molar-refractivity contribution in [2.75, 3.05) is 0 Å². The van der Waals surface area contributed by atoms with E-state index in [1.165, 1.54) is 4.68 Å². The summed E-state index contributed by atoms with van der Waals surface area (Å²) >= 11 is 5.88.